The van der Waals surface area contributed by atoms with Crippen molar-refractivity contribution in [2.24, 2.45) is 0 Å². The highest BCUT2D eigenvalue weighted by Gasteiger charge is 2.24. The summed E-state index contributed by atoms with van der Waals surface area (Å²) in [6.45, 7) is 0. The molecule has 0 amide bonds. The lowest BCUT2D eigenvalue weighted by Crippen LogP contribution is -2.06. The standard InChI is InChI=1S/C16H15Cl2NO2/c1-20-15-4-3-9(7-16(15)21-2)13-6-10-5-11(17)12(18)8-14(10)19-13/h3-5,7-8,13,19H,6H2,1-2H3. The zero-order valence-corrected chi connectivity index (χ0v) is 13.3. The maximum absolute atomic E-state index is 6.08. The number of rotatable bonds is 3. The van der Waals surface area contributed by atoms with Gasteiger partial charge in [0.2, 0.25) is 0 Å². The molecule has 1 N–H and O–H groups in total. The maximum Gasteiger partial charge on any atom is 0.161 e. The van der Waals surface area contributed by atoms with E-state index in [1.807, 2.05) is 30.3 Å². The van der Waals surface area contributed by atoms with E-state index in [4.69, 9.17) is 32.7 Å². The second kappa shape index (κ2) is 5.66. The van der Waals surface area contributed by atoms with Crippen molar-refractivity contribution in [3.63, 3.8) is 0 Å². The van der Waals surface area contributed by atoms with Crippen LogP contribution in [0.4, 0.5) is 5.69 Å². The average molecular weight is 324 g/mol. The largest absolute Gasteiger partial charge is 0.493 e. The molecule has 3 nitrogen and oxygen atoms in total. The second-order valence-electron chi connectivity index (χ2n) is 4.94. The van der Waals surface area contributed by atoms with Gasteiger partial charge in [-0.1, -0.05) is 29.3 Å². The lowest BCUT2D eigenvalue weighted by molar-refractivity contribution is 0.354. The van der Waals surface area contributed by atoms with Crippen LogP contribution in [-0.4, -0.2) is 14.2 Å². The minimum absolute atomic E-state index is 0.175. The van der Waals surface area contributed by atoms with Crippen LogP contribution in [-0.2, 0) is 6.42 Å². The molecule has 1 unspecified atom stereocenters. The molecule has 2 aromatic rings. The first-order chi connectivity index (χ1) is 10.1. The fourth-order valence-corrected chi connectivity index (χ4v) is 2.97. The minimum atomic E-state index is 0.175. The van der Waals surface area contributed by atoms with Gasteiger partial charge in [0.15, 0.2) is 11.5 Å². The Morgan fingerprint density at radius 1 is 1.00 bits per heavy atom. The summed E-state index contributed by atoms with van der Waals surface area (Å²) in [5, 5.41) is 4.62. The molecule has 1 atom stereocenters. The zero-order valence-electron chi connectivity index (χ0n) is 11.7. The predicted octanol–water partition coefficient (Wildman–Crippen LogP) is 4.72. The van der Waals surface area contributed by atoms with Crippen molar-refractivity contribution in [2.45, 2.75) is 12.5 Å². The van der Waals surface area contributed by atoms with Crippen LogP contribution in [0.3, 0.4) is 0 Å². The average Bonchev–Trinajstić information content (AvgIpc) is 2.89. The number of fused-ring (bicyclic) bond motifs is 1. The number of halogens is 2. The molecule has 3 rings (SSSR count). The molecule has 1 heterocycles. The number of benzene rings is 2. The van der Waals surface area contributed by atoms with Crippen molar-refractivity contribution in [3.8, 4) is 11.5 Å². The predicted molar refractivity (Wildman–Crippen MR) is 86.1 cm³/mol. The van der Waals surface area contributed by atoms with Gasteiger partial charge in [-0.2, -0.15) is 0 Å². The van der Waals surface area contributed by atoms with E-state index in [1.54, 1.807) is 14.2 Å². The third-order valence-electron chi connectivity index (χ3n) is 3.71. The van der Waals surface area contributed by atoms with Crippen molar-refractivity contribution in [3.05, 3.63) is 51.5 Å². The Bertz CT molecular complexity index is 657. The van der Waals surface area contributed by atoms with Crippen molar-refractivity contribution in [1.82, 2.24) is 0 Å². The first kappa shape index (κ1) is 14.4. The molecular formula is C16H15Cl2NO2. The van der Waals surface area contributed by atoms with Crippen LogP contribution in [0.25, 0.3) is 0 Å². The summed E-state index contributed by atoms with van der Waals surface area (Å²) in [6, 6.07) is 9.92. The molecule has 0 aromatic heterocycles. The van der Waals surface area contributed by atoms with Gasteiger partial charge in [-0.05, 0) is 41.8 Å². The van der Waals surface area contributed by atoms with Crippen molar-refractivity contribution in [2.75, 3.05) is 19.5 Å². The number of ether oxygens (including phenoxy) is 2. The van der Waals surface area contributed by atoms with Crippen LogP contribution in [0, 0.1) is 0 Å². The highest BCUT2D eigenvalue weighted by molar-refractivity contribution is 6.42. The molecule has 1 aliphatic heterocycles. The van der Waals surface area contributed by atoms with Gasteiger partial charge >= 0.3 is 0 Å². The number of hydrogen-bond acceptors (Lipinski definition) is 3. The van der Waals surface area contributed by atoms with E-state index in [9.17, 15) is 0 Å². The van der Waals surface area contributed by atoms with Gasteiger partial charge < -0.3 is 14.8 Å². The summed E-state index contributed by atoms with van der Waals surface area (Å²) >= 11 is 12.1. The third-order valence-corrected chi connectivity index (χ3v) is 4.43. The lowest BCUT2D eigenvalue weighted by atomic mass is 10.0. The van der Waals surface area contributed by atoms with Gasteiger partial charge in [-0.25, -0.2) is 0 Å². The summed E-state index contributed by atoms with van der Waals surface area (Å²) in [5.74, 6) is 1.45. The summed E-state index contributed by atoms with van der Waals surface area (Å²) in [4.78, 5) is 0. The van der Waals surface area contributed by atoms with E-state index in [-0.39, 0.29) is 6.04 Å². The molecular weight excluding hydrogens is 309 g/mol. The molecule has 0 fully saturated rings. The quantitative estimate of drug-likeness (QED) is 0.886. The Balaban J connectivity index is 1.90. The summed E-state index contributed by atoms with van der Waals surface area (Å²) in [6.07, 6.45) is 0.863. The topological polar surface area (TPSA) is 30.5 Å². The monoisotopic (exact) mass is 323 g/mol. The van der Waals surface area contributed by atoms with E-state index in [0.29, 0.717) is 10.0 Å². The first-order valence-corrected chi connectivity index (χ1v) is 7.34. The molecule has 0 saturated heterocycles. The Morgan fingerprint density at radius 2 is 1.71 bits per heavy atom. The number of nitrogens with one attached hydrogen (secondary N) is 1. The Hall–Kier alpha value is -1.58. The van der Waals surface area contributed by atoms with Gasteiger partial charge in [0.1, 0.15) is 0 Å². The summed E-state index contributed by atoms with van der Waals surface area (Å²) in [7, 11) is 3.27. The Kier molecular flexibility index (Phi) is 3.87. The van der Waals surface area contributed by atoms with Gasteiger partial charge in [0.25, 0.3) is 0 Å². The Labute approximate surface area is 133 Å². The summed E-state index contributed by atoms with van der Waals surface area (Å²) < 4.78 is 10.6. The molecule has 0 bridgehead atoms. The molecule has 5 heteroatoms. The molecule has 0 radical (unpaired) electrons. The van der Waals surface area contributed by atoms with E-state index >= 15 is 0 Å². The van der Waals surface area contributed by atoms with Crippen molar-refractivity contribution >= 4 is 28.9 Å². The van der Waals surface area contributed by atoms with Gasteiger partial charge in [0.05, 0.1) is 30.3 Å². The zero-order chi connectivity index (χ0) is 15.0. The molecule has 2 aromatic carbocycles. The first-order valence-electron chi connectivity index (χ1n) is 6.58. The van der Waals surface area contributed by atoms with E-state index in [1.165, 1.54) is 5.56 Å². The minimum Gasteiger partial charge on any atom is -0.493 e. The molecule has 0 spiro atoms. The van der Waals surface area contributed by atoms with Crippen LogP contribution in [0.15, 0.2) is 30.3 Å². The molecule has 1 aliphatic rings. The fraction of sp³-hybridized carbons (Fsp3) is 0.250. The van der Waals surface area contributed by atoms with Crippen molar-refractivity contribution in [1.29, 1.82) is 0 Å². The van der Waals surface area contributed by atoms with Gasteiger partial charge in [0, 0.05) is 5.69 Å². The second-order valence-corrected chi connectivity index (χ2v) is 5.75. The molecule has 0 saturated carbocycles. The van der Waals surface area contributed by atoms with Crippen LogP contribution < -0.4 is 14.8 Å². The SMILES string of the molecule is COc1ccc(C2Cc3cc(Cl)c(Cl)cc3N2)cc1OC. The Morgan fingerprint density at radius 3 is 2.43 bits per heavy atom. The van der Waals surface area contributed by atoms with Gasteiger partial charge in [-0.3, -0.25) is 0 Å². The maximum atomic E-state index is 6.08. The number of hydrogen-bond donors (Lipinski definition) is 1. The highest BCUT2D eigenvalue weighted by atomic mass is 35.5. The lowest BCUT2D eigenvalue weighted by Gasteiger charge is -2.15. The normalized spacial score (nSPS) is 16.3. The number of methoxy groups -OCH3 is 2. The third kappa shape index (κ3) is 2.63. The van der Waals surface area contributed by atoms with E-state index < -0.39 is 0 Å². The summed E-state index contributed by atoms with van der Waals surface area (Å²) in [5.41, 5.74) is 3.34. The fourth-order valence-electron chi connectivity index (χ4n) is 2.62. The van der Waals surface area contributed by atoms with Crippen LogP contribution in [0.2, 0.25) is 10.0 Å². The van der Waals surface area contributed by atoms with E-state index in [2.05, 4.69) is 5.32 Å². The smallest absolute Gasteiger partial charge is 0.161 e. The molecule has 0 aliphatic carbocycles. The molecule has 110 valence electrons. The van der Waals surface area contributed by atoms with Crippen molar-refractivity contribution < 1.29 is 9.47 Å². The molecule has 21 heavy (non-hydrogen) atoms. The van der Waals surface area contributed by atoms with Crippen LogP contribution in [0.5, 0.6) is 11.5 Å². The van der Waals surface area contributed by atoms with Crippen LogP contribution >= 0.6 is 23.2 Å². The van der Waals surface area contributed by atoms with E-state index in [0.717, 1.165) is 29.2 Å². The van der Waals surface area contributed by atoms with Crippen LogP contribution in [0.1, 0.15) is 17.2 Å². The highest BCUT2D eigenvalue weighted by Crippen LogP contribution is 2.40. The number of anilines is 1. The van der Waals surface area contributed by atoms with Gasteiger partial charge in [-0.15, -0.1) is 0 Å².